The molecule has 0 spiro atoms. The molecular weight excluding hydrogens is 466 g/mol. The molecule has 1 N–H and O–H groups in total. The lowest BCUT2D eigenvalue weighted by Gasteiger charge is -2.24. The molecule has 1 atom stereocenters. The van der Waals surface area contributed by atoms with Gasteiger partial charge >= 0.3 is 0 Å². The first-order valence-corrected chi connectivity index (χ1v) is 13.1. The van der Waals surface area contributed by atoms with Crippen molar-refractivity contribution in [2.24, 2.45) is 0 Å². The number of furan rings is 1. The lowest BCUT2D eigenvalue weighted by Crippen LogP contribution is -2.44. The standard InChI is InChI=1S/C26H25N3O3S2/c1-15-7-8-18(11-16(15)2)24-23(28-17(3)34-24)26(31)29-14-33-13-19(29)12-27-25(30)21-5-4-6-22-20(21)9-10-32-22/h4-11,19H,12-14H2,1-3H3,(H,27,30)/t19-/m1/s1. The second kappa shape index (κ2) is 9.27. The molecule has 3 heterocycles. The maximum atomic E-state index is 13.6. The van der Waals surface area contributed by atoms with Gasteiger partial charge in [-0.15, -0.1) is 23.1 Å². The van der Waals surface area contributed by atoms with Crippen LogP contribution in [0.1, 0.15) is 37.0 Å². The smallest absolute Gasteiger partial charge is 0.275 e. The highest BCUT2D eigenvalue weighted by Crippen LogP contribution is 2.34. The first-order chi connectivity index (χ1) is 16.4. The molecule has 2 aromatic carbocycles. The predicted molar refractivity (Wildman–Crippen MR) is 138 cm³/mol. The van der Waals surface area contributed by atoms with E-state index >= 15 is 0 Å². The van der Waals surface area contributed by atoms with E-state index in [4.69, 9.17) is 4.42 Å². The van der Waals surface area contributed by atoms with Crippen LogP contribution in [0.3, 0.4) is 0 Å². The van der Waals surface area contributed by atoms with Crippen molar-refractivity contribution in [1.29, 1.82) is 0 Å². The van der Waals surface area contributed by atoms with Gasteiger partial charge in [0.1, 0.15) is 11.3 Å². The van der Waals surface area contributed by atoms with E-state index in [1.165, 1.54) is 11.1 Å². The van der Waals surface area contributed by atoms with Crippen molar-refractivity contribution in [3.8, 4) is 10.4 Å². The number of carbonyl (C=O) groups is 2. The summed E-state index contributed by atoms with van der Waals surface area (Å²) in [6, 6.07) is 13.4. The third kappa shape index (κ3) is 4.23. The second-order valence-corrected chi connectivity index (χ2v) is 10.7. The number of thioether (sulfide) groups is 1. The Morgan fingerprint density at radius 3 is 2.82 bits per heavy atom. The average molecular weight is 492 g/mol. The predicted octanol–water partition coefficient (Wildman–Crippen LogP) is 5.43. The molecule has 6 nitrogen and oxygen atoms in total. The molecule has 8 heteroatoms. The second-order valence-electron chi connectivity index (χ2n) is 8.49. The maximum Gasteiger partial charge on any atom is 0.275 e. The van der Waals surface area contributed by atoms with Gasteiger partial charge in [0, 0.05) is 17.7 Å². The van der Waals surface area contributed by atoms with Crippen molar-refractivity contribution in [2.75, 3.05) is 18.2 Å². The highest BCUT2D eigenvalue weighted by molar-refractivity contribution is 7.99. The summed E-state index contributed by atoms with van der Waals surface area (Å²) >= 11 is 3.24. The van der Waals surface area contributed by atoms with Crippen molar-refractivity contribution in [1.82, 2.24) is 15.2 Å². The third-order valence-electron chi connectivity index (χ3n) is 6.19. The van der Waals surface area contributed by atoms with E-state index < -0.39 is 0 Å². The summed E-state index contributed by atoms with van der Waals surface area (Å²) in [5.41, 5.74) is 5.16. The van der Waals surface area contributed by atoms with E-state index in [2.05, 4.69) is 42.3 Å². The largest absolute Gasteiger partial charge is 0.464 e. The van der Waals surface area contributed by atoms with E-state index in [1.807, 2.05) is 17.9 Å². The zero-order chi connectivity index (χ0) is 23.8. The number of amides is 2. The number of nitrogens with zero attached hydrogens (tertiary/aromatic N) is 2. The SMILES string of the molecule is Cc1nc(C(=O)N2CSC[C@H]2CNC(=O)c2cccc3occc23)c(-c2ccc(C)c(C)c2)s1. The number of hydrogen-bond acceptors (Lipinski definition) is 6. The molecule has 1 aliphatic rings. The van der Waals surface area contributed by atoms with E-state index in [-0.39, 0.29) is 17.9 Å². The zero-order valence-corrected chi connectivity index (χ0v) is 20.9. The number of aromatic nitrogens is 1. The molecule has 174 valence electrons. The molecule has 0 aliphatic carbocycles. The Kier molecular flexibility index (Phi) is 6.18. The van der Waals surface area contributed by atoms with Crippen molar-refractivity contribution in [3.63, 3.8) is 0 Å². The Bertz CT molecular complexity index is 1390. The van der Waals surface area contributed by atoms with E-state index in [9.17, 15) is 9.59 Å². The minimum atomic E-state index is -0.170. The van der Waals surface area contributed by atoms with Crippen LogP contribution in [0.25, 0.3) is 21.4 Å². The normalized spacial score (nSPS) is 15.7. The number of carbonyl (C=O) groups excluding carboxylic acids is 2. The molecule has 5 rings (SSSR count). The van der Waals surface area contributed by atoms with E-state index in [0.29, 0.717) is 29.3 Å². The summed E-state index contributed by atoms with van der Waals surface area (Å²) in [7, 11) is 0. The van der Waals surface area contributed by atoms with Gasteiger partial charge in [-0.2, -0.15) is 0 Å². The maximum absolute atomic E-state index is 13.6. The third-order valence-corrected chi connectivity index (χ3v) is 8.29. The molecule has 0 saturated carbocycles. The zero-order valence-electron chi connectivity index (χ0n) is 19.3. The summed E-state index contributed by atoms with van der Waals surface area (Å²) in [6.45, 7) is 6.47. The van der Waals surface area contributed by atoms with Gasteiger partial charge in [-0.3, -0.25) is 9.59 Å². The van der Waals surface area contributed by atoms with Gasteiger partial charge < -0.3 is 14.6 Å². The molecular formula is C26H25N3O3S2. The number of aryl methyl sites for hydroxylation is 3. The van der Waals surface area contributed by atoms with Gasteiger partial charge in [0.15, 0.2) is 0 Å². The summed E-state index contributed by atoms with van der Waals surface area (Å²) in [6.07, 6.45) is 1.58. The van der Waals surface area contributed by atoms with Crippen LogP contribution in [0.5, 0.6) is 0 Å². The minimum absolute atomic E-state index is 0.0845. The average Bonchev–Trinajstić information content (AvgIpc) is 3.57. The highest BCUT2D eigenvalue weighted by Gasteiger charge is 2.33. The minimum Gasteiger partial charge on any atom is -0.464 e. The highest BCUT2D eigenvalue weighted by atomic mass is 32.2. The first kappa shape index (κ1) is 22.7. The molecule has 1 fully saturated rings. The number of fused-ring (bicyclic) bond motifs is 1. The summed E-state index contributed by atoms with van der Waals surface area (Å²) < 4.78 is 5.41. The van der Waals surface area contributed by atoms with Gasteiger partial charge in [0.25, 0.3) is 11.8 Å². The van der Waals surface area contributed by atoms with Crippen LogP contribution in [0, 0.1) is 20.8 Å². The van der Waals surface area contributed by atoms with Gasteiger partial charge in [0.2, 0.25) is 0 Å². The number of thiazole rings is 1. The Balaban J connectivity index is 1.34. The fourth-order valence-electron chi connectivity index (χ4n) is 4.16. The van der Waals surface area contributed by atoms with Crippen LogP contribution in [-0.4, -0.2) is 45.9 Å². The molecule has 0 unspecified atom stereocenters. The molecule has 34 heavy (non-hydrogen) atoms. The van der Waals surface area contributed by atoms with Crippen molar-refractivity contribution >= 4 is 45.9 Å². The molecule has 2 amide bonds. The van der Waals surface area contributed by atoms with Crippen molar-refractivity contribution in [2.45, 2.75) is 26.8 Å². The van der Waals surface area contributed by atoms with Crippen LogP contribution in [-0.2, 0) is 0 Å². The Morgan fingerprint density at radius 2 is 2.00 bits per heavy atom. The van der Waals surface area contributed by atoms with Crippen LogP contribution in [0.2, 0.25) is 0 Å². The van der Waals surface area contributed by atoms with E-state index in [1.54, 1.807) is 47.6 Å². The topological polar surface area (TPSA) is 75.4 Å². The summed E-state index contributed by atoms with van der Waals surface area (Å²) in [5, 5.41) is 4.66. The Labute approximate surface area is 206 Å². The first-order valence-electron chi connectivity index (χ1n) is 11.1. The summed E-state index contributed by atoms with van der Waals surface area (Å²) in [4.78, 5) is 33.8. The lowest BCUT2D eigenvalue weighted by atomic mass is 10.0. The van der Waals surface area contributed by atoms with E-state index in [0.717, 1.165) is 26.6 Å². The molecule has 1 aliphatic heterocycles. The van der Waals surface area contributed by atoms with Gasteiger partial charge in [0.05, 0.1) is 33.6 Å². The van der Waals surface area contributed by atoms with Crippen molar-refractivity contribution < 1.29 is 14.0 Å². The van der Waals surface area contributed by atoms with Gasteiger partial charge in [-0.05, 0) is 55.7 Å². The van der Waals surface area contributed by atoms with Crippen LogP contribution in [0.15, 0.2) is 53.1 Å². The fraction of sp³-hybridized carbons (Fsp3) is 0.269. The number of nitrogens with one attached hydrogen (secondary N) is 1. The Hall–Kier alpha value is -3.10. The van der Waals surface area contributed by atoms with Crippen LogP contribution < -0.4 is 5.32 Å². The fourth-order valence-corrected chi connectivity index (χ4v) is 6.27. The molecule has 4 aromatic rings. The Morgan fingerprint density at radius 1 is 1.15 bits per heavy atom. The molecule has 0 bridgehead atoms. The number of hydrogen-bond donors (Lipinski definition) is 1. The number of rotatable bonds is 5. The molecule has 2 aromatic heterocycles. The summed E-state index contributed by atoms with van der Waals surface area (Å²) in [5.74, 6) is 1.10. The van der Waals surface area contributed by atoms with Crippen LogP contribution >= 0.6 is 23.1 Å². The molecule has 0 radical (unpaired) electrons. The monoisotopic (exact) mass is 491 g/mol. The number of benzene rings is 2. The molecule has 1 saturated heterocycles. The van der Waals surface area contributed by atoms with Gasteiger partial charge in [-0.25, -0.2) is 4.98 Å². The van der Waals surface area contributed by atoms with Crippen molar-refractivity contribution in [3.05, 3.63) is 76.1 Å². The lowest BCUT2D eigenvalue weighted by molar-refractivity contribution is 0.0732. The van der Waals surface area contributed by atoms with Gasteiger partial charge in [-0.1, -0.05) is 24.3 Å². The quantitative estimate of drug-likeness (QED) is 0.403. The van der Waals surface area contributed by atoms with Crippen LogP contribution in [0.4, 0.5) is 0 Å².